The highest BCUT2D eigenvalue weighted by molar-refractivity contribution is 7.89. The van der Waals surface area contributed by atoms with Crippen LogP contribution in [-0.2, 0) is 14.8 Å². The van der Waals surface area contributed by atoms with Gasteiger partial charge in [-0.3, -0.25) is 4.79 Å². The fourth-order valence-corrected chi connectivity index (χ4v) is 3.60. The van der Waals surface area contributed by atoms with Crippen LogP contribution in [0.25, 0.3) is 0 Å². The zero-order valence-corrected chi connectivity index (χ0v) is 13.1. The second-order valence-electron chi connectivity index (χ2n) is 4.74. The molecule has 0 aromatic rings. The van der Waals surface area contributed by atoms with Crippen LogP contribution in [0.4, 0.5) is 0 Å². The van der Waals surface area contributed by atoms with E-state index >= 15 is 0 Å². The molecule has 1 heterocycles. The van der Waals surface area contributed by atoms with Crippen molar-refractivity contribution < 1.29 is 13.2 Å². The lowest BCUT2D eigenvalue weighted by Gasteiger charge is -2.32. The van der Waals surface area contributed by atoms with Crippen LogP contribution in [0.2, 0.25) is 0 Å². The van der Waals surface area contributed by atoms with E-state index in [1.165, 1.54) is 4.31 Å². The van der Waals surface area contributed by atoms with Crippen molar-refractivity contribution in [1.82, 2.24) is 9.62 Å². The van der Waals surface area contributed by atoms with Gasteiger partial charge < -0.3 is 11.1 Å². The number of halogens is 1. The number of hydrogen-bond donors (Lipinski definition) is 2. The summed E-state index contributed by atoms with van der Waals surface area (Å²) >= 11 is 0. The van der Waals surface area contributed by atoms with Crippen LogP contribution in [0.15, 0.2) is 0 Å². The molecule has 1 aliphatic heterocycles. The van der Waals surface area contributed by atoms with Gasteiger partial charge in [-0.25, -0.2) is 8.42 Å². The monoisotopic (exact) mass is 313 g/mol. The van der Waals surface area contributed by atoms with Crippen molar-refractivity contribution in [2.75, 3.05) is 25.4 Å². The number of carbonyl (C=O) groups is 1. The largest absolute Gasteiger partial charge is 0.348 e. The summed E-state index contributed by atoms with van der Waals surface area (Å²) in [6.45, 7) is 4.62. The lowest BCUT2D eigenvalue weighted by atomic mass is 9.93. The minimum absolute atomic E-state index is 0. The molecule has 0 aromatic heterocycles. The predicted molar refractivity (Wildman–Crippen MR) is 77.7 cm³/mol. The normalized spacial score (nSPS) is 18.9. The zero-order valence-electron chi connectivity index (χ0n) is 11.5. The van der Waals surface area contributed by atoms with Crippen molar-refractivity contribution >= 4 is 28.3 Å². The van der Waals surface area contributed by atoms with E-state index in [1.807, 2.05) is 13.8 Å². The van der Waals surface area contributed by atoms with Gasteiger partial charge in [-0.05, 0) is 19.3 Å². The Balaban J connectivity index is 0.00000324. The molecule has 0 spiro atoms. The average molecular weight is 314 g/mol. The Kier molecular flexibility index (Phi) is 7.28. The van der Waals surface area contributed by atoms with E-state index in [-0.39, 0.29) is 30.6 Å². The fraction of sp³-hybridized carbons (Fsp3) is 0.909. The minimum atomic E-state index is -3.22. The van der Waals surface area contributed by atoms with Crippen molar-refractivity contribution in [3.05, 3.63) is 0 Å². The Morgan fingerprint density at radius 3 is 2.32 bits per heavy atom. The molecule has 0 atom stereocenters. The second-order valence-corrected chi connectivity index (χ2v) is 6.83. The van der Waals surface area contributed by atoms with Crippen molar-refractivity contribution in [1.29, 1.82) is 0 Å². The van der Waals surface area contributed by atoms with Gasteiger partial charge in [0.15, 0.2) is 0 Å². The van der Waals surface area contributed by atoms with Gasteiger partial charge in [0.1, 0.15) is 0 Å². The summed E-state index contributed by atoms with van der Waals surface area (Å²) in [6, 6.07) is 0. The first kappa shape index (κ1) is 18.6. The van der Waals surface area contributed by atoms with Crippen molar-refractivity contribution in [3.63, 3.8) is 0 Å². The van der Waals surface area contributed by atoms with E-state index in [9.17, 15) is 13.2 Å². The Morgan fingerprint density at radius 1 is 1.37 bits per heavy atom. The molecule has 0 aliphatic carbocycles. The SMILES string of the molecule is CCC(CC)(CN)NC(=O)CN1CCCS1(=O)=O.Cl. The molecular weight excluding hydrogens is 290 g/mol. The zero-order chi connectivity index (χ0) is 13.8. The van der Waals surface area contributed by atoms with Gasteiger partial charge in [0.25, 0.3) is 0 Å². The first-order valence-corrected chi connectivity index (χ1v) is 7.99. The molecule has 0 bridgehead atoms. The predicted octanol–water partition coefficient (Wildman–Crippen LogP) is 0.0774. The number of nitrogens with zero attached hydrogens (tertiary/aromatic N) is 1. The molecular formula is C11H24ClN3O3S. The van der Waals surface area contributed by atoms with E-state index in [0.29, 0.717) is 19.5 Å². The molecule has 114 valence electrons. The van der Waals surface area contributed by atoms with Crippen LogP contribution in [0.5, 0.6) is 0 Å². The smallest absolute Gasteiger partial charge is 0.235 e. The molecule has 1 saturated heterocycles. The van der Waals surface area contributed by atoms with Crippen molar-refractivity contribution in [2.45, 2.75) is 38.6 Å². The summed E-state index contributed by atoms with van der Waals surface area (Å²) < 4.78 is 24.4. The van der Waals surface area contributed by atoms with Crippen molar-refractivity contribution in [3.8, 4) is 0 Å². The molecule has 0 unspecified atom stereocenters. The number of sulfonamides is 1. The van der Waals surface area contributed by atoms with Crippen LogP contribution in [-0.4, -0.2) is 49.6 Å². The van der Waals surface area contributed by atoms with E-state index in [1.54, 1.807) is 0 Å². The molecule has 1 amide bonds. The van der Waals surface area contributed by atoms with E-state index in [0.717, 1.165) is 12.8 Å². The topological polar surface area (TPSA) is 92.5 Å². The molecule has 0 radical (unpaired) electrons. The molecule has 8 heteroatoms. The molecule has 6 nitrogen and oxygen atoms in total. The number of nitrogens with two attached hydrogens (primary N) is 1. The van der Waals surface area contributed by atoms with Crippen LogP contribution in [0.3, 0.4) is 0 Å². The quantitative estimate of drug-likeness (QED) is 0.726. The Morgan fingerprint density at radius 2 is 1.95 bits per heavy atom. The maximum atomic E-state index is 11.9. The summed E-state index contributed by atoms with van der Waals surface area (Å²) in [4.78, 5) is 11.9. The maximum absolute atomic E-state index is 11.9. The first-order valence-electron chi connectivity index (χ1n) is 6.38. The molecule has 1 rings (SSSR count). The van der Waals surface area contributed by atoms with E-state index in [4.69, 9.17) is 5.73 Å². The number of amides is 1. The molecule has 3 N–H and O–H groups in total. The van der Waals surface area contributed by atoms with Gasteiger partial charge >= 0.3 is 0 Å². The van der Waals surface area contributed by atoms with Crippen LogP contribution in [0, 0.1) is 0 Å². The lowest BCUT2D eigenvalue weighted by Crippen LogP contribution is -2.55. The van der Waals surface area contributed by atoms with Gasteiger partial charge in [-0.1, -0.05) is 13.8 Å². The second kappa shape index (κ2) is 7.42. The van der Waals surface area contributed by atoms with Gasteiger partial charge in [0.05, 0.1) is 17.8 Å². The summed E-state index contributed by atoms with van der Waals surface area (Å²) in [5.41, 5.74) is 5.28. The Hall–Kier alpha value is -0.370. The summed E-state index contributed by atoms with van der Waals surface area (Å²) in [7, 11) is -3.22. The lowest BCUT2D eigenvalue weighted by molar-refractivity contribution is -0.123. The maximum Gasteiger partial charge on any atom is 0.235 e. The molecule has 0 saturated carbocycles. The number of rotatable bonds is 6. The van der Waals surface area contributed by atoms with E-state index in [2.05, 4.69) is 5.32 Å². The molecule has 19 heavy (non-hydrogen) atoms. The van der Waals surface area contributed by atoms with Crippen LogP contribution in [0.1, 0.15) is 33.1 Å². The van der Waals surface area contributed by atoms with Crippen molar-refractivity contribution in [2.24, 2.45) is 5.73 Å². The highest BCUT2D eigenvalue weighted by Crippen LogP contribution is 2.15. The molecule has 1 aliphatic rings. The molecule has 0 aromatic carbocycles. The van der Waals surface area contributed by atoms with Crippen LogP contribution >= 0.6 is 12.4 Å². The number of carbonyl (C=O) groups excluding carboxylic acids is 1. The average Bonchev–Trinajstić information content (AvgIpc) is 2.66. The highest BCUT2D eigenvalue weighted by atomic mass is 35.5. The fourth-order valence-electron chi connectivity index (χ4n) is 2.13. The highest BCUT2D eigenvalue weighted by Gasteiger charge is 2.32. The Bertz CT molecular complexity index is 388. The minimum Gasteiger partial charge on any atom is -0.348 e. The Labute approximate surface area is 121 Å². The summed E-state index contributed by atoms with van der Waals surface area (Å²) in [5, 5.41) is 2.87. The third-order valence-electron chi connectivity index (χ3n) is 3.67. The van der Waals surface area contributed by atoms with Gasteiger partial charge in [-0.2, -0.15) is 4.31 Å². The number of hydrogen-bond acceptors (Lipinski definition) is 4. The van der Waals surface area contributed by atoms with Gasteiger partial charge in [0.2, 0.25) is 15.9 Å². The molecule has 1 fully saturated rings. The standard InChI is InChI=1S/C11H23N3O3S.ClH/c1-3-11(4-2,9-12)13-10(15)8-14-6-5-7-18(14,16)17;/h3-9,12H2,1-2H3,(H,13,15);1H. The first-order chi connectivity index (χ1) is 8.39. The third-order valence-corrected chi connectivity index (χ3v) is 5.58. The summed E-state index contributed by atoms with van der Waals surface area (Å²) in [5.74, 6) is -0.126. The van der Waals surface area contributed by atoms with Gasteiger partial charge in [-0.15, -0.1) is 12.4 Å². The van der Waals surface area contributed by atoms with Crippen LogP contribution < -0.4 is 11.1 Å². The summed E-state index contributed by atoms with van der Waals surface area (Å²) in [6.07, 6.45) is 2.07. The van der Waals surface area contributed by atoms with Gasteiger partial charge in [0, 0.05) is 13.1 Å². The number of nitrogens with one attached hydrogen (secondary N) is 1. The van der Waals surface area contributed by atoms with E-state index < -0.39 is 15.6 Å². The third kappa shape index (κ3) is 4.59.